The molecule has 0 bridgehead atoms. The lowest BCUT2D eigenvalue weighted by atomic mass is 10.0. The van der Waals surface area contributed by atoms with Gasteiger partial charge in [0.2, 0.25) is 5.78 Å². The van der Waals surface area contributed by atoms with E-state index in [0.29, 0.717) is 27.4 Å². The fourth-order valence-corrected chi connectivity index (χ4v) is 4.18. The standard InChI is InChI=1S/C22H22N2O4S/c1-11-17(13(3)25)12(2)23-18(11)20(26)14(4)28-22(27)21-19(24-15(5)29-21)16-9-7-6-8-10-16/h6-10,14,23H,1-5H3/t14-/m0/s1. The Kier molecular flexibility index (Phi) is 5.79. The second-order valence-electron chi connectivity index (χ2n) is 6.87. The third-order valence-electron chi connectivity index (χ3n) is 4.66. The number of nitrogens with zero attached hydrogens (tertiary/aromatic N) is 1. The van der Waals surface area contributed by atoms with E-state index in [1.165, 1.54) is 25.2 Å². The summed E-state index contributed by atoms with van der Waals surface area (Å²) in [5.74, 6) is -1.09. The highest BCUT2D eigenvalue weighted by Crippen LogP contribution is 2.29. The van der Waals surface area contributed by atoms with Crippen LogP contribution in [0.2, 0.25) is 0 Å². The first-order valence-electron chi connectivity index (χ1n) is 9.18. The van der Waals surface area contributed by atoms with Gasteiger partial charge < -0.3 is 9.72 Å². The zero-order valence-corrected chi connectivity index (χ0v) is 17.8. The van der Waals surface area contributed by atoms with E-state index in [1.807, 2.05) is 37.3 Å². The maximum absolute atomic E-state index is 12.8. The Bertz CT molecular complexity index is 1100. The number of ether oxygens (including phenoxy) is 1. The third kappa shape index (κ3) is 4.05. The number of aromatic amines is 1. The second-order valence-corrected chi connectivity index (χ2v) is 8.07. The number of nitrogens with one attached hydrogen (secondary N) is 1. The van der Waals surface area contributed by atoms with Gasteiger partial charge in [-0.05, 0) is 40.2 Å². The van der Waals surface area contributed by atoms with Crippen LogP contribution in [-0.2, 0) is 4.74 Å². The van der Waals surface area contributed by atoms with Crippen molar-refractivity contribution in [2.45, 2.75) is 40.7 Å². The number of Topliss-reactive ketones (excluding diaryl/α,β-unsaturated/α-hetero) is 2. The van der Waals surface area contributed by atoms with Crippen LogP contribution in [-0.4, -0.2) is 33.6 Å². The van der Waals surface area contributed by atoms with E-state index >= 15 is 0 Å². The summed E-state index contributed by atoms with van der Waals surface area (Å²) in [4.78, 5) is 45.2. The summed E-state index contributed by atoms with van der Waals surface area (Å²) in [6.07, 6.45) is -1.01. The van der Waals surface area contributed by atoms with Crippen molar-refractivity contribution in [3.63, 3.8) is 0 Å². The Labute approximate surface area is 172 Å². The van der Waals surface area contributed by atoms with Crippen LogP contribution in [0.4, 0.5) is 0 Å². The molecular formula is C22H22N2O4S. The van der Waals surface area contributed by atoms with Crippen LogP contribution >= 0.6 is 11.3 Å². The Balaban J connectivity index is 1.85. The number of hydrogen-bond donors (Lipinski definition) is 1. The van der Waals surface area contributed by atoms with E-state index < -0.39 is 12.1 Å². The summed E-state index contributed by atoms with van der Waals surface area (Å²) >= 11 is 1.23. The van der Waals surface area contributed by atoms with Gasteiger partial charge in [-0.3, -0.25) is 9.59 Å². The largest absolute Gasteiger partial charge is 0.450 e. The topological polar surface area (TPSA) is 89.1 Å². The van der Waals surface area contributed by atoms with Gasteiger partial charge in [0.05, 0.1) is 16.4 Å². The molecule has 0 saturated heterocycles. The molecule has 1 atom stereocenters. The van der Waals surface area contributed by atoms with Gasteiger partial charge in [-0.25, -0.2) is 9.78 Å². The van der Waals surface area contributed by atoms with E-state index in [4.69, 9.17) is 4.74 Å². The average molecular weight is 410 g/mol. The second kappa shape index (κ2) is 8.13. The van der Waals surface area contributed by atoms with Crippen LogP contribution < -0.4 is 0 Å². The lowest BCUT2D eigenvalue weighted by Crippen LogP contribution is -2.25. The monoisotopic (exact) mass is 410 g/mol. The molecule has 0 spiro atoms. The summed E-state index contributed by atoms with van der Waals surface area (Å²) < 4.78 is 5.47. The van der Waals surface area contributed by atoms with Gasteiger partial charge in [0.1, 0.15) is 4.88 Å². The minimum absolute atomic E-state index is 0.118. The van der Waals surface area contributed by atoms with Gasteiger partial charge in [-0.15, -0.1) is 11.3 Å². The molecule has 2 aromatic heterocycles. The van der Waals surface area contributed by atoms with Crippen molar-refractivity contribution in [1.82, 2.24) is 9.97 Å². The van der Waals surface area contributed by atoms with Gasteiger partial charge in [-0.2, -0.15) is 0 Å². The Morgan fingerprint density at radius 1 is 1.10 bits per heavy atom. The van der Waals surface area contributed by atoms with E-state index in [2.05, 4.69) is 9.97 Å². The predicted molar refractivity (Wildman–Crippen MR) is 112 cm³/mol. The van der Waals surface area contributed by atoms with E-state index in [1.54, 1.807) is 13.8 Å². The van der Waals surface area contributed by atoms with E-state index in [9.17, 15) is 14.4 Å². The zero-order chi connectivity index (χ0) is 21.3. The number of benzene rings is 1. The lowest BCUT2D eigenvalue weighted by Gasteiger charge is -2.12. The molecule has 29 heavy (non-hydrogen) atoms. The summed E-state index contributed by atoms with van der Waals surface area (Å²) in [5, 5.41) is 0.733. The highest BCUT2D eigenvalue weighted by molar-refractivity contribution is 7.14. The number of thiazole rings is 1. The number of carbonyl (C=O) groups excluding carboxylic acids is 3. The number of carbonyl (C=O) groups is 3. The van der Waals surface area contributed by atoms with Crippen LogP contribution in [0.5, 0.6) is 0 Å². The number of esters is 1. The average Bonchev–Trinajstić information content (AvgIpc) is 3.21. The molecule has 150 valence electrons. The maximum atomic E-state index is 12.8. The van der Waals surface area contributed by atoms with Crippen molar-refractivity contribution in [2.75, 3.05) is 0 Å². The van der Waals surface area contributed by atoms with Crippen molar-refractivity contribution in [3.8, 4) is 11.3 Å². The first kappa shape index (κ1) is 20.7. The van der Waals surface area contributed by atoms with Crippen LogP contribution in [0.15, 0.2) is 30.3 Å². The molecule has 0 unspecified atom stereocenters. The minimum atomic E-state index is -1.01. The van der Waals surface area contributed by atoms with Gasteiger partial charge in [0, 0.05) is 16.8 Å². The van der Waals surface area contributed by atoms with Gasteiger partial charge >= 0.3 is 5.97 Å². The number of ketones is 2. The van der Waals surface area contributed by atoms with Crippen molar-refractivity contribution in [3.05, 3.63) is 62.7 Å². The van der Waals surface area contributed by atoms with Crippen molar-refractivity contribution in [2.24, 2.45) is 0 Å². The van der Waals surface area contributed by atoms with Gasteiger partial charge in [0.15, 0.2) is 11.9 Å². The molecule has 0 saturated carbocycles. The number of aryl methyl sites for hydroxylation is 2. The molecule has 0 aliphatic rings. The predicted octanol–water partition coefficient (Wildman–Crippen LogP) is 4.69. The molecule has 0 aliphatic heterocycles. The fourth-order valence-electron chi connectivity index (χ4n) is 3.35. The first-order chi connectivity index (χ1) is 13.7. The molecule has 0 amide bonds. The summed E-state index contributed by atoms with van der Waals surface area (Å²) in [6, 6.07) is 9.36. The van der Waals surface area contributed by atoms with Gasteiger partial charge in [0.25, 0.3) is 0 Å². The lowest BCUT2D eigenvalue weighted by molar-refractivity contribution is 0.0322. The maximum Gasteiger partial charge on any atom is 0.351 e. The number of hydrogen-bond acceptors (Lipinski definition) is 6. The third-order valence-corrected chi connectivity index (χ3v) is 5.61. The Hall–Kier alpha value is -3.06. The quantitative estimate of drug-likeness (QED) is 0.470. The van der Waals surface area contributed by atoms with Crippen molar-refractivity contribution < 1.29 is 19.1 Å². The molecule has 7 heteroatoms. The highest BCUT2D eigenvalue weighted by Gasteiger charge is 2.28. The molecule has 1 aromatic carbocycles. The van der Waals surface area contributed by atoms with Crippen LogP contribution in [0.25, 0.3) is 11.3 Å². The SMILES string of the molecule is CC(=O)c1c(C)[nH]c(C(=O)[C@H](C)OC(=O)c2sc(C)nc2-c2ccccc2)c1C. The summed E-state index contributed by atoms with van der Waals surface area (Å²) in [6.45, 7) is 8.25. The molecule has 2 heterocycles. The van der Waals surface area contributed by atoms with Gasteiger partial charge in [-0.1, -0.05) is 30.3 Å². The number of H-pyrrole nitrogens is 1. The summed E-state index contributed by atoms with van der Waals surface area (Å²) in [7, 11) is 0. The molecule has 3 aromatic rings. The zero-order valence-electron chi connectivity index (χ0n) is 17.0. The summed E-state index contributed by atoms with van der Waals surface area (Å²) in [5.41, 5.74) is 3.34. The van der Waals surface area contributed by atoms with Crippen LogP contribution in [0.3, 0.4) is 0 Å². The van der Waals surface area contributed by atoms with E-state index in [-0.39, 0.29) is 17.3 Å². The molecule has 6 nitrogen and oxygen atoms in total. The Morgan fingerprint density at radius 3 is 2.34 bits per heavy atom. The number of aromatic nitrogens is 2. The van der Waals surface area contributed by atoms with Crippen molar-refractivity contribution >= 4 is 28.9 Å². The molecular weight excluding hydrogens is 388 g/mol. The molecule has 1 N–H and O–H groups in total. The highest BCUT2D eigenvalue weighted by atomic mass is 32.1. The molecule has 0 aliphatic carbocycles. The molecule has 3 rings (SSSR count). The number of rotatable bonds is 6. The minimum Gasteiger partial charge on any atom is -0.450 e. The first-order valence-corrected chi connectivity index (χ1v) is 10.0. The fraction of sp³-hybridized carbons (Fsp3) is 0.273. The Morgan fingerprint density at radius 2 is 1.76 bits per heavy atom. The molecule has 0 radical (unpaired) electrons. The van der Waals surface area contributed by atoms with Crippen molar-refractivity contribution in [1.29, 1.82) is 0 Å². The smallest absolute Gasteiger partial charge is 0.351 e. The van der Waals surface area contributed by atoms with Crippen LogP contribution in [0.1, 0.15) is 60.6 Å². The normalized spacial score (nSPS) is 11.9. The van der Waals surface area contributed by atoms with E-state index in [0.717, 1.165) is 10.6 Å². The molecule has 0 fully saturated rings. The van der Waals surface area contributed by atoms with Crippen LogP contribution in [0, 0.1) is 20.8 Å².